The van der Waals surface area contributed by atoms with Gasteiger partial charge in [-0.25, -0.2) is 4.63 Å². The first kappa shape index (κ1) is 17.4. The summed E-state index contributed by atoms with van der Waals surface area (Å²) in [5.41, 5.74) is 1.76. The first-order valence-corrected chi connectivity index (χ1v) is 7.70. The van der Waals surface area contributed by atoms with E-state index in [1.54, 1.807) is 39.3 Å². The SMILES string of the molecule is COc1ccc(-c2noc(CNC(=O)Cc3nonc3C)n2)cc1OC. The molecule has 0 aliphatic rings. The van der Waals surface area contributed by atoms with E-state index < -0.39 is 0 Å². The Hall–Kier alpha value is -3.43. The number of hydrogen-bond donors (Lipinski definition) is 1. The molecule has 0 saturated heterocycles. The van der Waals surface area contributed by atoms with E-state index >= 15 is 0 Å². The Morgan fingerprint density at radius 1 is 1.15 bits per heavy atom. The summed E-state index contributed by atoms with van der Waals surface area (Å²) in [5, 5.41) is 13.9. The molecule has 2 heterocycles. The lowest BCUT2D eigenvalue weighted by Crippen LogP contribution is -2.25. The second-order valence-electron chi connectivity index (χ2n) is 5.33. The van der Waals surface area contributed by atoms with E-state index in [2.05, 4.69) is 30.4 Å². The Bertz CT molecular complexity index is 904. The van der Waals surface area contributed by atoms with Gasteiger partial charge in [0.05, 0.1) is 27.2 Å². The highest BCUT2D eigenvalue weighted by molar-refractivity contribution is 5.78. The summed E-state index contributed by atoms with van der Waals surface area (Å²) in [6.45, 7) is 1.82. The Morgan fingerprint density at radius 3 is 2.65 bits per heavy atom. The van der Waals surface area contributed by atoms with E-state index in [1.807, 2.05) is 0 Å². The van der Waals surface area contributed by atoms with Crippen molar-refractivity contribution in [3.63, 3.8) is 0 Å². The first-order chi connectivity index (χ1) is 12.6. The molecule has 10 heteroatoms. The van der Waals surface area contributed by atoms with E-state index in [-0.39, 0.29) is 24.8 Å². The van der Waals surface area contributed by atoms with Crippen LogP contribution in [-0.2, 0) is 17.8 Å². The lowest BCUT2D eigenvalue weighted by Gasteiger charge is -2.07. The molecular formula is C16H17N5O5. The molecule has 0 fully saturated rings. The highest BCUT2D eigenvalue weighted by Crippen LogP contribution is 2.31. The van der Waals surface area contributed by atoms with Gasteiger partial charge in [-0.05, 0) is 25.1 Å². The fraction of sp³-hybridized carbons (Fsp3) is 0.312. The van der Waals surface area contributed by atoms with Crippen LogP contribution in [0.5, 0.6) is 11.5 Å². The number of benzene rings is 1. The van der Waals surface area contributed by atoms with Crippen LogP contribution in [0.1, 0.15) is 17.3 Å². The third-order valence-corrected chi connectivity index (χ3v) is 3.62. The normalized spacial score (nSPS) is 10.6. The maximum Gasteiger partial charge on any atom is 0.246 e. The summed E-state index contributed by atoms with van der Waals surface area (Å²) in [7, 11) is 3.11. The average molecular weight is 359 g/mol. The predicted molar refractivity (Wildman–Crippen MR) is 87.4 cm³/mol. The molecule has 1 N–H and O–H groups in total. The minimum Gasteiger partial charge on any atom is -0.493 e. The summed E-state index contributed by atoms with van der Waals surface area (Å²) in [5.74, 6) is 1.56. The number of methoxy groups -OCH3 is 2. The zero-order valence-corrected chi connectivity index (χ0v) is 14.5. The van der Waals surface area contributed by atoms with Crippen LogP contribution in [0.15, 0.2) is 27.4 Å². The number of carbonyl (C=O) groups excluding carboxylic acids is 1. The van der Waals surface area contributed by atoms with Crippen LogP contribution < -0.4 is 14.8 Å². The van der Waals surface area contributed by atoms with Crippen LogP contribution in [0.3, 0.4) is 0 Å². The smallest absolute Gasteiger partial charge is 0.246 e. The predicted octanol–water partition coefficient (Wildman–Crippen LogP) is 1.30. The minimum atomic E-state index is -0.255. The number of nitrogens with one attached hydrogen (secondary N) is 1. The molecule has 1 aromatic carbocycles. The zero-order chi connectivity index (χ0) is 18.5. The fourth-order valence-electron chi connectivity index (χ4n) is 2.22. The molecule has 0 aliphatic carbocycles. The van der Waals surface area contributed by atoms with Gasteiger partial charge in [0.2, 0.25) is 17.6 Å². The number of carbonyl (C=O) groups is 1. The Morgan fingerprint density at radius 2 is 1.96 bits per heavy atom. The molecule has 136 valence electrons. The molecule has 0 unspecified atom stereocenters. The van der Waals surface area contributed by atoms with Gasteiger partial charge in [0.15, 0.2) is 11.5 Å². The molecule has 0 aliphatic heterocycles. The number of ether oxygens (including phenoxy) is 2. The van der Waals surface area contributed by atoms with Crippen LogP contribution in [0.4, 0.5) is 0 Å². The third-order valence-electron chi connectivity index (χ3n) is 3.62. The number of amides is 1. The molecule has 0 atom stereocenters. The molecule has 1 amide bonds. The Labute approximate surface area is 148 Å². The van der Waals surface area contributed by atoms with Crippen molar-refractivity contribution in [2.24, 2.45) is 0 Å². The van der Waals surface area contributed by atoms with Crippen LogP contribution in [0.2, 0.25) is 0 Å². The maximum absolute atomic E-state index is 11.9. The Kier molecular flexibility index (Phi) is 5.11. The van der Waals surface area contributed by atoms with Crippen molar-refractivity contribution in [1.82, 2.24) is 25.8 Å². The second-order valence-corrected chi connectivity index (χ2v) is 5.33. The average Bonchev–Trinajstić information content (AvgIpc) is 3.29. The van der Waals surface area contributed by atoms with Crippen molar-refractivity contribution in [3.8, 4) is 22.9 Å². The Balaban J connectivity index is 1.63. The third kappa shape index (κ3) is 3.79. The van der Waals surface area contributed by atoms with E-state index in [9.17, 15) is 4.79 Å². The van der Waals surface area contributed by atoms with Gasteiger partial charge in [-0.2, -0.15) is 4.98 Å². The van der Waals surface area contributed by atoms with E-state index in [0.717, 1.165) is 0 Å². The highest BCUT2D eigenvalue weighted by atomic mass is 16.6. The van der Waals surface area contributed by atoms with Crippen LogP contribution in [-0.4, -0.2) is 40.6 Å². The minimum absolute atomic E-state index is 0.0615. The van der Waals surface area contributed by atoms with E-state index in [1.165, 1.54) is 0 Å². The number of aryl methyl sites for hydroxylation is 1. The van der Waals surface area contributed by atoms with Gasteiger partial charge in [-0.15, -0.1) is 0 Å². The van der Waals surface area contributed by atoms with Gasteiger partial charge < -0.3 is 19.3 Å². The van der Waals surface area contributed by atoms with Gasteiger partial charge in [-0.1, -0.05) is 15.5 Å². The second kappa shape index (κ2) is 7.64. The standard InChI is InChI=1S/C16H17N5O5/c1-9-11(20-26-19-9)7-14(22)17-8-15-18-16(21-25-15)10-4-5-12(23-2)13(6-10)24-3/h4-6H,7-8H2,1-3H3,(H,17,22). The van der Waals surface area contributed by atoms with Crippen molar-refractivity contribution in [1.29, 1.82) is 0 Å². The topological polar surface area (TPSA) is 125 Å². The summed E-state index contributed by atoms with van der Waals surface area (Å²) in [4.78, 5) is 16.2. The molecule has 10 nitrogen and oxygen atoms in total. The molecule has 0 bridgehead atoms. The quantitative estimate of drug-likeness (QED) is 0.664. The van der Waals surface area contributed by atoms with Gasteiger partial charge in [0, 0.05) is 5.56 Å². The maximum atomic E-state index is 11.9. The van der Waals surface area contributed by atoms with Crippen molar-refractivity contribution < 1.29 is 23.4 Å². The molecule has 26 heavy (non-hydrogen) atoms. The molecule has 3 rings (SSSR count). The summed E-state index contributed by atoms with van der Waals surface area (Å²) < 4.78 is 20.2. The van der Waals surface area contributed by atoms with Crippen molar-refractivity contribution >= 4 is 5.91 Å². The van der Waals surface area contributed by atoms with Crippen LogP contribution in [0, 0.1) is 6.92 Å². The molecular weight excluding hydrogens is 342 g/mol. The van der Waals surface area contributed by atoms with Gasteiger partial charge in [-0.3, -0.25) is 4.79 Å². The fourth-order valence-corrected chi connectivity index (χ4v) is 2.22. The number of aromatic nitrogens is 4. The van der Waals surface area contributed by atoms with E-state index in [0.29, 0.717) is 34.3 Å². The van der Waals surface area contributed by atoms with Gasteiger partial charge >= 0.3 is 0 Å². The zero-order valence-electron chi connectivity index (χ0n) is 14.5. The van der Waals surface area contributed by atoms with Gasteiger partial charge in [0.25, 0.3) is 0 Å². The van der Waals surface area contributed by atoms with Crippen molar-refractivity contribution in [2.75, 3.05) is 14.2 Å². The molecule has 2 aromatic heterocycles. The van der Waals surface area contributed by atoms with Crippen LogP contribution in [0.25, 0.3) is 11.4 Å². The largest absolute Gasteiger partial charge is 0.493 e. The highest BCUT2D eigenvalue weighted by Gasteiger charge is 2.14. The lowest BCUT2D eigenvalue weighted by molar-refractivity contribution is -0.120. The van der Waals surface area contributed by atoms with Crippen molar-refractivity contribution in [3.05, 3.63) is 35.5 Å². The first-order valence-electron chi connectivity index (χ1n) is 7.70. The summed E-state index contributed by atoms with van der Waals surface area (Å²) in [6.07, 6.45) is 0.0615. The summed E-state index contributed by atoms with van der Waals surface area (Å²) >= 11 is 0. The molecule has 0 saturated carbocycles. The lowest BCUT2D eigenvalue weighted by atomic mass is 10.2. The monoisotopic (exact) mass is 359 g/mol. The number of rotatable bonds is 7. The summed E-state index contributed by atoms with van der Waals surface area (Å²) in [6, 6.07) is 5.28. The van der Waals surface area contributed by atoms with Gasteiger partial charge in [0.1, 0.15) is 11.4 Å². The van der Waals surface area contributed by atoms with Crippen LogP contribution >= 0.6 is 0 Å². The molecule has 0 spiro atoms. The van der Waals surface area contributed by atoms with E-state index in [4.69, 9.17) is 14.0 Å². The molecule has 3 aromatic rings. The number of nitrogens with zero attached hydrogens (tertiary/aromatic N) is 4. The number of hydrogen-bond acceptors (Lipinski definition) is 9. The molecule has 0 radical (unpaired) electrons. The van der Waals surface area contributed by atoms with Crippen molar-refractivity contribution in [2.45, 2.75) is 19.9 Å².